The fourth-order valence-corrected chi connectivity index (χ4v) is 3.58. The molecule has 1 fully saturated rings. The van der Waals surface area contributed by atoms with Crippen LogP contribution in [0, 0.1) is 17.7 Å². The van der Waals surface area contributed by atoms with Gasteiger partial charge in [0.25, 0.3) is 0 Å². The van der Waals surface area contributed by atoms with E-state index in [2.05, 4.69) is 5.32 Å². The van der Waals surface area contributed by atoms with Gasteiger partial charge in [0, 0.05) is 22.6 Å². The van der Waals surface area contributed by atoms with Gasteiger partial charge in [0.05, 0.1) is 0 Å². The first-order valence-corrected chi connectivity index (χ1v) is 8.47. The molecule has 1 saturated carbocycles. The molecule has 116 valence electrons. The highest BCUT2D eigenvalue weighted by molar-refractivity contribution is 7.99. The Morgan fingerprint density at radius 1 is 1.43 bits per heavy atom. The second-order valence-electron chi connectivity index (χ2n) is 5.71. The first-order valence-electron chi connectivity index (χ1n) is 7.49. The van der Waals surface area contributed by atoms with E-state index in [0.717, 1.165) is 24.2 Å². The molecule has 1 aromatic carbocycles. The van der Waals surface area contributed by atoms with Crippen molar-refractivity contribution in [2.24, 2.45) is 17.6 Å². The smallest absolute Gasteiger partial charge is 0.223 e. The van der Waals surface area contributed by atoms with E-state index in [0.29, 0.717) is 18.2 Å². The Balaban J connectivity index is 1.78. The molecule has 1 aromatic rings. The van der Waals surface area contributed by atoms with Gasteiger partial charge in [-0.3, -0.25) is 4.79 Å². The predicted molar refractivity (Wildman–Crippen MR) is 84.6 cm³/mol. The molecule has 0 saturated heterocycles. The second-order valence-corrected chi connectivity index (χ2v) is 6.80. The lowest BCUT2D eigenvalue weighted by Gasteiger charge is -2.21. The number of benzene rings is 1. The number of thioether (sulfide) groups is 1. The van der Waals surface area contributed by atoms with Crippen LogP contribution in [0.25, 0.3) is 0 Å². The topological polar surface area (TPSA) is 55.1 Å². The minimum absolute atomic E-state index is 0.0703. The van der Waals surface area contributed by atoms with Crippen molar-refractivity contribution in [3.63, 3.8) is 0 Å². The first-order chi connectivity index (χ1) is 10.1. The van der Waals surface area contributed by atoms with E-state index in [4.69, 9.17) is 5.73 Å². The Labute approximate surface area is 129 Å². The largest absolute Gasteiger partial charge is 0.353 e. The normalized spacial score (nSPS) is 23.0. The van der Waals surface area contributed by atoms with E-state index in [-0.39, 0.29) is 23.7 Å². The lowest BCUT2D eigenvalue weighted by molar-refractivity contribution is -0.124. The molecular formula is C16H23FN2OS. The summed E-state index contributed by atoms with van der Waals surface area (Å²) < 4.78 is 12.8. The number of rotatable bonds is 6. The number of halogens is 1. The number of amides is 1. The van der Waals surface area contributed by atoms with Crippen molar-refractivity contribution < 1.29 is 9.18 Å². The highest BCUT2D eigenvalue weighted by Crippen LogP contribution is 2.25. The summed E-state index contributed by atoms with van der Waals surface area (Å²) in [5.41, 5.74) is 5.74. The molecule has 3 unspecified atom stereocenters. The summed E-state index contributed by atoms with van der Waals surface area (Å²) in [6.45, 7) is 2.57. The highest BCUT2D eigenvalue weighted by atomic mass is 32.2. The van der Waals surface area contributed by atoms with Crippen LogP contribution in [0.3, 0.4) is 0 Å². The average molecular weight is 310 g/mol. The summed E-state index contributed by atoms with van der Waals surface area (Å²) in [7, 11) is 0. The Kier molecular flexibility index (Phi) is 6.06. The Hall–Kier alpha value is -1.07. The van der Waals surface area contributed by atoms with E-state index < -0.39 is 0 Å². The van der Waals surface area contributed by atoms with E-state index in [1.165, 1.54) is 12.1 Å². The molecule has 1 amide bonds. The molecule has 0 bridgehead atoms. The Bertz CT molecular complexity index is 466. The lowest BCUT2D eigenvalue weighted by Crippen LogP contribution is -2.42. The van der Waals surface area contributed by atoms with E-state index >= 15 is 0 Å². The van der Waals surface area contributed by atoms with Gasteiger partial charge in [-0.25, -0.2) is 4.39 Å². The average Bonchev–Trinajstić information content (AvgIpc) is 2.93. The van der Waals surface area contributed by atoms with Crippen molar-refractivity contribution in [3.8, 4) is 0 Å². The zero-order valence-corrected chi connectivity index (χ0v) is 13.2. The van der Waals surface area contributed by atoms with Gasteiger partial charge in [0.15, 0.2) is 0 Å². The van der Waals surface area contributed by atoms with Crippen LogP contribution in [0.15, 0.2) is 29.2 Å². The van der Waals surface area contributed by atoms with Crippen molar-refractivity contribution in [1.29, 1.82) is 0 Å². The summed E-state index contributed by atoms with van der Waals surface area (Å²) in [6.07, 6.45) is 3.29. The quantitative estimate of drug-likeness (QED) is 0.794. The number of carbonyl (C=O) groups excluding carboxylic acids is 1. The van der Waals surface area contributed by atoms with Gasteiger partial charge >= 0.3 is 0 Å². The zero-order chi connectivity index (χ0) is 15.2. The maximum atomic E-state index is 12.8. The van der Waals surface area contributed by atoms with E-state index in [1.807, 2.05) is 6.92 Å². The maximum absolute atomic E-state index is 12.8. The van der Waals surface area contributed by atoms with Gasteiger partial charge in [-0.1, -0.05) is 13.3 Å². The summed E-state index contributed by atoms with van der Waals surface area (Å²) in [5.74, 6) is 0.899. The van der Waals surface area contributed by atoms with Crippen LogP contribution < -0.4 is 11.1 Å². The summed E-state index contributed by atoms with van der Waals surface area (Å²) in [5, 5.41) is 3.13. The fraction of sp³-hybridized carbons (Fsp3) is 0.562. The van der Waals surface area contributed by atoms with Crippen LogP contribution in [0.5, 0.6) is 0 Å². The minimum Gasteiger partial charge on any atom is -0.353 e. The molecule has 3 nitrogen and oxygen atoms in total. The van der Waals surface area contributed by atoms with Gasteiger partial charge < -0.3 is 11.1 Å². The minimum atomic E-state index is -0.237. The van der Waals surface area contributed by atoms with Crippen molar-refractivity contribution in [2.45, 2.75) is 37.1 Å². The molecule has 1 aliphatic carbocycles. The predicted octanol–water partition coefficient (Wildman–Crippen LogP) is 2.80. The molecule has 3 N–H and O–H groups in total. The number of hydrogen-bond donors (Lipinski definition) is 2. The molecule has 21 heavy (non-hydrogen) atoms. The third-order valence-electron chi connectivity index (χ3n) is 4.05. The van der Waals surface area contributed by atoms with Gasteiger partial charge in [0.1, 0.15) is 5.82 Å². The second kappa shape index (κ2) is 7.80. The third kappa shape index (κ3) is 4.71. The van der Waals surface area contributed by atoms with Crippen LogP contribution in [-0.2, 0) is 4.79 Å². The van der Waals surface area contributed by atoms with Crippen molar-refractivity contribution in [3.05, 3.63) is 30.1 Å². The van der Waals surface area contributed by atoms with E-state index in [1.54, 1.807) is 23.9 Å². The zero-order valence-electron chi connectivity index (χ0n) is 12.3. The number of nitrogens with one attached hydrogen (secondary N) is 1. The maximum Gasteiger partial charge on any atom is 0.223 e. The molecule has 0 radical (unpaired) electrons. The fourth-order valence-electron chi connectivity index (χ4n) is 2.66. The molecule has 1 aliphatic rings. The number of hydrogen-bond acceptors (Lipinski definition) is 3. The summed E-state index contributed by atoms with van der Waals surface area (Å²) in [6, 6.07) is 6.60. The third-order valence-corrected chi connectivity index (χ3v) is 5.32. The van der Waals surface area contributed by atoms with Gasteiger partial charge in [-0.05, 0) is 49.6 Å². The molecule has 0 aromatic heterocycles. The van der Waals surface area contributed by atoms with Crippen LogP contribution in [-0.4, -0.2) is 24.2 Å². The van der Waals surface area contributed by atoms with Gasteiger partial charge in [-0.15, -0.1) is 11.8 Å². The molecule has 2 rings (SSSR count). The van der Waals surface area contributed by atoms with Crippen molar-refractivity contribution in [2.75, 3.05) is 12.3 Å². The molecule has 0 spiro atoms. The van der Waals surface area contributed by atoms with E-state index in [9.17, 15) is 9.18 Å². The summed E-state index contributed by atoms with van der Waals surface area (Å²) >= 11 is 1.58. The SMILES string of the molecule is CC(CSc1ccc(F)cc1)C(=O)NC1CCCC1CN. The Morgan fingerprint density at radius 2 is 2.14 bits per heavy atom. The molecule has 5 heteroatoms. The molecule has 3 atom stereocenters. The molecular weight excluding hydrogens is 287 g/mol. The monoisotopic (exact) mass is 310 g/mol. The first kappa shape index (κ1) is 16.3. The standard InChI is InChI=1S/C16H23FN2OS/c1-11(10-21-14-7-5-13(17)6-8-14)16(20)19-15-4-2-3-12(15)9-18/h5-8,11-12,15H,2-4,9-10,18H2,1H3,(H,19,20). The Morgan fingerprint density at radius 3 is 2.81 bits per heavy atom. The molecule has 0 heterocycles. The van der Waals surface area contributed by atoms with Crippen LogP contribution in [0.2, 0.25) is 0 Å². The van der Waals surface area contributed by atoms with Gasteiger partial charge in [-0.2, -0.15) is 0 Å². The van der Waals surface area contributed by atoms with Crippen molar-refractivity contribution >= 4 is 17.7 Å². The lowest BCUT2D eigenvalue weighted by atomic mass is 10.0. The number of carbonyl (C=O) groups is 1. The highest BCUT2D eigenvalue weighted by Gasteiger charge is 2.28. The van der Waals surface area contributed by atoms with Crippen LogP contribution >= 0.6 is 11.8 Å². The van der Waals surface area contributed by atoms with Crippen LogP contribution in [0.1, 0.15) is 26.2 Å². The van der Waals surface area contributed by atoms with Gasteiger partial charge in [0.2, 0.25) is 5.91 Å². The van der Waals surface area contributed by atoms with Crippen molar-refractivity contribution in [1.82, 2.24) is 5.32 Å². The summed E-state index contributed by atoms with van der Waals surface area (Å²) in [4.78, 5) is 13.2. The van der Waals surface area contributed by atoms with Crippen LogP contribution in [0.4, 0.5) is 4.39 Å². The molecule has 0 aliphatic heterocycles. The number of nitrogens with two attached hydrogens (primary N) is 1.